The Balaban J connectivity index is 1.75. The first-order valence-corrected chi connectivity index (χ1v) is 9.54. The molecule has 26 heavy (non-hydrogen) atoms. The zero-order chi connectivity index (χ0) is 18.4. The van der Waals surface area contributed by atoms with E-state index in [1.165, 1.54) is 17.5 Å². The van der Waals surface area contributed by atoms with Gasteiger partial charge in [-0.1, -0.05) is 42.7 Å². The summed E-state index contributed by atoms with van der Waals surface area (Å²) in [5, 5.41) is 3.05. The molecule has 1 saturated heterocycles. The summed E-state index contributed by atoms with van der Waals surface area (Å²) >= 11 is 0. The van der Waals surface area contributed by atoms with Crippen LogP contribution in [0.25, 0.3) is 0 Å². The van der Waals surface area contributed by atoms with Crippen LogP contribution in [-0.2, 0) is 0 Å². The molecule has 3 rings (SSSR count). The summed E-state index contributed by atoms with van der Waals surface area (Å²) in [4.78, 5) is 15.0. The number of hydrogen-bond acceptors (Lipinski definition) is 2. The van der Waals surface area contributed by atoms with Crippen molar-refractivity contribution in [3.8, 4) is 5.75 Å². The van der Waals surface area contributed by atoms with Crippen LogP contribution in [0.4, 0.5) is 10.5 Å². The normalized spacial score (nSPS) is 17.5. The first kappa shape index (κ1) is 18.3. The average molecular weight is 352 g/mol. The van der Waals surface area contributed by atoms with Crippen molar-refractivity contribution in [2.75, 3.05) is 18.5 Å². The van der Waals surface area contributed by atoms with Gasteiger partial charge in [0.05, 0.1) is 12.6 Å². The minimum atomic E-state index is -0.0254. The zero-order valence-corrected chi connectivity index (χ0v) is 15.7. The number of anilines is 1. The van der Waals surface area contributed by atoms with Gasteiger partial charge >= 0.3 is 6.03 Å². The smallest absolute Gasteiger partial charge is 0.322 e. The maximum Gasteiger partial charge on any atom is 0.322 e. The fourth-order valence-electron chi connectivity index (χ4n) is 3.57. The molecule has 1 heterocycles. The molecular weight excluding hydrogens is 324 g/mol. The van der Waals surface area contributed by atoms with E-state index >= 15 is 0 Å². The highest BCUT2D eigenvalue weighted by atomic mass is 16.5. The van der Waals surface area contributed by atoms with Crippen LogP contribution >= 0.6 is 0 Å². The number of nitrogens with one attached hydrogen (secondary N) is 1. The summed E-state index contributed by atoms with van der Waals surface area (Å²) in [7, 11) is 0. The van der Waals surface area contributed by atoms with Crippen LogP contribution in [0.5, 0.6) is 5.75 Å². The second-order valence-corrected chi connectivity index (χ2v) is 6.86. The second-order valence-electron chi connectivity index (χ2n) is 6.86. The van der Waals surface area contributed by atoms with Crippen LogP contribution in [0.3, 0.4) is 0 Å². The van der Waals surface area contributed by atoms with Crippen LogP contribution in [0.2, 0.25) is 0 Å². The third-order valence-corrected chi connectivity index (χ3v) is 4.86. The number of ether oxygens (including phenoxy) is 1. The van der Waals surface area contributed by atoms with Gasteiger partial charge in [0, 0.05) is 12.2 Å². The van der Waals surface area contributed by atoms with Crippen molar-refractivity contribution in [1.29, 1.82) is 0 Å². The van der Waals surface area contributed by atoms with Crippen molar-refractivity contribution >= 4 is 11.7 Å². The summed E-state index contributed by atoms with van der Waals surface area (Å²) in [5.41, 5.74) is 3.26. The number of carbonyl (C=O) groups is 1. The van der Waals surface area contributed by atoms with Gasteiger partial charge in [0.15, 0.2) is 0 Å². The van der Waals surface area contributed by atoms with E-state index in [0.717, 1.165) is 37.2 Å². The van der Waals surface area contributed by atoms with Crippen molar-refractivity contribution in [2.45, 2.75) is 45.6 Å². The highest BCUT2D eigenvalue weighted by Gasteiger charge is 2.26. The third kappa shape index (κ3) is 4.57. The van der Waals surface area contributed by atoms with Crippen LogP contribution in [0.15, 0.2) is 48.5 Å². The van der Waals surface area contributed by atoms with E-state index in [4.69, 9.17) is 4.74 Å². The van der Waals surface area contributed by atoms with Gasteiger partial charge in [-0.25, -0.2) is 4.79 Å². The first-order chi connectivity index (χ1) is 12.7. The number of benzene rings is 2. The number of hydrogen-bond donors (Lipinski definition) is 1. The van der Waals surface area contributed by atoms with E-state index in [2.05, 4.69) is 36.5 Å². The molecule has 0 radical (unpaired) electrons. The SMILES string of the molecule is CCOc1ccc(NC(=O)N2CCCCCC2c2cccc(C)c2)cc1. The number of aryl methyl sites for hydroxylation is 1. The van der Waals surface area contributed by atoms with Crippen LogP contribution in [-0.4, -0.2) is 24.1 Å². The molecule has 0 spiro atoms. The summed E-state index contributed by atoms with van der Waals surface area (Å²) in [5.74, 6) is 0.818. The van der Waals surface area contributed by atoms with Crippen molar-refractivity contribution in [1.82, 2.24) is 4.90 Å². The molecule has 2 aromatic carbocycles. The number of likely N-dealkylation sites (tertiary alicyclic amines) is 1. The van der Waals surface area contributed by atoms with E-state index in [-0.39, 0.29) is 12.1 Å². The van der Waals surface area contributed by atoms with Gasteiger partial charge in [-0.3, -0.25) is 0 Å². The Morgan fingerprint density at radius 2 is 1.96 bits per heavy atom. The number of carbonyl (C=O) groups excluding carboxylic acids is 1. The molecule has 1 aliphatic heterocycles. The summed E-state index contributed by atoms with van der Waals surface area (Å²) in [6.45, 7) is 5.49. The largest absolute Gasteiger partial charge is 0.494 e. The Labute approximate surface area is 156 Å². The molecule has 0 aliphatic carbocycles. The van der Waals surface area contributed by atoms with E-state index in [1.807, 2.05) is 36.1 Å². The first-order valence-electron chi connectivity index (χ1n) is 9.54. The molecule has 2 amide bonds. The number of amides is 2. The fraction of sp³-hybridized carbons (Fsp3) is 0.409. The molecule has 1 unspecified atom stereocenters. The lowest BCUT2D eigenvalue weighted by Gasteiger charge is -2.31. The lowest BCUT2D eigenvalue weighted by molar-refractivity contribution is 0.189. The molecule has 0 aromatic heterocycles. The van der Waals surface area contributed by atoms with Gasteiger partial charge in [0.25, 0.3) is 0 Å². The maximum absolute atomic E-state index is 13.0. The molecule has 138 valence electrons. The van der Waals surface area contributed by atoms with Crippen LogP contribution in [0.1, 0.15) is 49.8 Å². The predicted octanol–water partition coefficient (Wildman–Crippen LogP) is 5.54. The summed E-state index contributed by atoms with van der Waals surface area (Å²) in [6.07, 6.45) is 4.40. The van der Waals surface area contributed by atoms with E-state index < -0.39 is 0 Å². The molecule has 2 aromatic rings. The van der Waals surface area contributed by atoms with Crippen molar-refractivity contribution in [3.05, 3.63) is 59.7 Å². The monoisotopic (exact) mass is 352 g/mol. The molecular formula is C22H28N2O2. The van der Waals surface area contributed by atoms with Gasteiger partial charge in [-0.05, 0) is 56.5 Å². The van der Waals surface area contributed by atoms with Gasteiger partial charge in [0.1, 0.15) is 5.75 Å². The minimum absolute atomic E-state index is 0.0254. The molecule has 0 bridgehead atoms. The van der Waals surface area contributed by atoms with Gasteiger partial charge in [-0.15, -0.1) is 0 Å². The molecule has 1 N–H and O–H groups in total. The Hall–Kier alpha value is -2.49. The van der Waals surface area contributed by atoms with Gasteiger partial charge < -0.3 is 15.0 Å². The standard InChI is InChI=1S/C22H28N2O2/c1-3-26-20-13-11-19(12-14-20)23-22(25)24-15-6-4-5-10-21(24)18-9-7-8-17(2)16-18/h7-9,11-14,16,21H,3-6,10,15H2,1-2H3,(H,23,25). The summed E-state index contributed by atoms with van der Waals surface area (Å²) < 4.78 is 5.46. The Kier molecular flexibility index (Phi) is 6.16. The second kappa shape index (κ2) is 8.75. The predicted molar refractivity (Wildman–Crippen MR) is 106 cm³/mol. The lowest BCUT2D eigenvalue weighted by atomic mass is 9.99. The lowest BCUT2D eigenvalue weighted by Crippen LogP contribution is -2.38. The summed E-state index contributed by atoms with van der Waals surface area (Å²) in [6, 6.07) is 16.2. The molecule has 4 heteroatoms. The highest BCUT2D eigenvalue weighted by molar-refractivity contribution is 5.89. The Morgan fingerprint density at radius 1 is 1.15 bits per heavy atom. The number of nitrogens with zero attached hydrogens (tertiary/aromatic N) is 1. The Bertz CT molecular complexity index is 727. The third-order valence-electron chi connectivity index (χ3n) is 4.86. The van der Waals surface area contributed by atoms with Crippen LogP contribution in [0, 0.1) is 6.92 Å². The van der Waals surface area contributed by atoms with E-state index in [9.17, 15) is 4.79 Å². The van der Waals surface area contributed by atoms with Crippen molar-refractivity contribution in [3.63, 3.8) is 0 Å². The average Bonchev–Trinajstić information content (AvgIpc) is 2.90. The molecule has 1 atom stereocenters. The van der Waals surface area contributed by atoms with Crippen molar-refractivity contribution in [2.24, 2.45) is 0 Å². The van der Waals surface area contributed by atoms with Gasteiger partial charge in [-0.2, -0.15) is 0 Å². The van der Waals surface area contributed by atoms with E-state index in [0.29, 0.717) is 6.61 Å². The molecule has 1 fully saturated rings. The molecule has 4 nitrogen and oxygen atoms in total. The topological polar surface area (TPSA) is 41.6 Å². The van der Waals surface area contributed by atoms with Crippen molar-refractivity contribution < 1.29 is 9.53 Å². The van der Waals surface area contributed by atoms with E-state index in [1.54, 1.807) is 0 Å². The zero-order valence-electron chi connectivity index (χ0n) is 15.7. The fourth-order valence-corrected chi connectivity index (χ4v) is 3.57. The molecule has 0 saturated carbocycles. The highest BCUT2D eigenvalue weighted by Crippen LogP contribution is 2.31. The number of urea groups is 1. The van der Waals surface area contributed by atoms with Crippen LogP contribution < -0.4 is 10.1 Å². The maximum atomic E-state index is 13.0. The quantitative estimate of drug-likeness (QED) is 0.784. The minimum Gasteiger partial charge on any atom is -0.494 e. The Morgan fingerprint density at radius 3 is 2.69 bits per heavy atom. The number of rotatable bonds is 4. The van der Waals surface area contributed by atoms with Gasteiger partial charge in [0.2, 0.25) is 0 Å². The molecule has 1 aliphatic rings.